The number of aromatic hydroxyl groups is 1. The topological polar surface area (TPSA) is 41.5 Å². The smallest absolute Gasteiger partial charge is 0.133 e. The summed E-state index contributed by atoms with van der Waals surface area (Å²) in [5.41, 5.74) is 2.90. The highest BCUT2D eigenvalue weighted by molar-refractivity contribution is 9.10. The molecule has 19 heavy (non-hydrogen) atoms. The minimum Gasteiger partial charge on any atom is -0.508 e. The number of rotatable bonds is 4. The highest BCUT2D eigenvalue weighted by atomic mass is 79.9. The second-order valence-corrected chi connectivity index (χ2v) is 5.18. The van der Waals surface area contributed by atoms with Gasteiger partial charge in [0.25, 0.3) is 0 Å². The van der Waals surface area contributed by atoms with Crippen molar-refractivity contribution >= 4 is 21.6 Å². The molecule has 0 aromatic heterocycles. The van der Waals surface area contributed by atoms with Crippen molar-refractivity contribution in [2.45, 2.75) is 13.5 Å². The third kappa shape index (κ3) is 3.41. The van der Waals surface area contributed by atoms with Crippen molar-refractivity contribution in [2.75, 3.05) is 12.4 Å². The fraction of sp³-hybridized carbons (Fsp3) is 0.200. The molecule has 0 aliphatic carbocycles. The van der Waals surface area contributed by atoms with E-state index >= 15 is 0 Å². The molecule has 2 aromatic carbocycles. The van der Waals surface area contributed by atoms with Crippen molar-refractivity contribution < 1.29 is 9.84 Å². The number of hydrogen-bond donors (Lipinski definition) is 2. The summed E-state index contributed by atoms with van der Waals surface area (Å²) in [4.78, 5) is 0. The predicted molar refractivity (Wildman–Crippen MR) is 80.9 cm³/mol. The fourth-order valence-corrected chi connectivity index (χ4v) is 2.33. The van der Waals surface area contributed by atoms with Gasteiger partial charge < -0.3 is 15.2 Å². The maximum absolute atomic E-state index is 9.65. The highest BCUT2D eigenvalue weighted by Gasteiger charge is 2.02. The van der Waals surface area contributed by atoms with E-state index < -0.39 is 0 Å². The molecule has 0 aliphatic rings. The molecule has 0 amide bonds. The van der Waals surface area contributed by atoms with Gasteiger partial charge in [-0.2, -0.15) is 0 Å². The van der Waals surface area contributed by atoms with Gasteiger partial charge in [-0.15, -0.1) is 0 Å². The Morgan fingerprint density at radius 2 is 2.00 bits per heavy atom. The molecule has 0 bridgehead atoms. The van der Waals surface area contributed by atoms with E-state index in [1.54, 1.807) is 13.2 Å². The molecule has 0 unspecified atom stereocenters. The van der Waals surface area contributed by atoms with Gasteiger partial charge in [-0.05, 0) is 52.2 Å². The molecule has 2 N–H and O–H groups in total. The molecule has 0 aliphatic heterocycles. The van der Waals surface area contributed by atoms with E-state index in [-0.39, 0.29) is 0 Å². The number of hydrogen-bond acceptors (Lipinski definition) is 3. The number of methoxy groups -OCH3 is 1. The molecular weight excluding hydrogens is 306 g/mol. The van der Waals surface area contributed by atoms with Gasteiger partial charge in [-0.3, -0.25) is 0 Å². The Balaban J connectivity index is 2.05. The number of phenolic OH excluding ortho intramolecular Hbond substituents is 1. The number of ether oxygens (including phenoxy) is 1. The van der Waals surface area contributed by atoms with Crippen LogP contribution >= 0.6 is 15.9 Å². The van der Waals surface area contributed by atoms with Crippen molar-refractivity contribution in [3.63, 3.8) is 0 Å². The average molecular weight is 322 g/mol. The highest BCUT2D eigenvalue weighted by Crippen LogP contribution is 2.26. The summed E-state index contributed by atoms with van der Waals surface area (Å²) in [5.74, 6) is 1.12. The molecule has 100 valence electrons. The lowest BCUT2D eigenvalue weighted by Gasteiger charge is -2.10. The molecular formula is C15H16BrNO2. The normalized spacial score (nSPS) is 10.3. The van der Waals surface area contributed by atoms with Gasteiger partial charge >= 0.3 is 0 Å². The Morgan fingerprint density at radius 3 is 2.63 bits per heavy atom. The van der Waals surface area contributed by atoms with Crippen molar-refractivity contribution in [2.24, 2.45) is 0 Å². The van der Waals surface area contributed by atoms with Crippen LogP contribution < -0.4 is 10.1 Å². The van der Waals surface area contributed by atoms with Crippen LogP contribution in [0.15, 0.2) is 40.9 Å². The molecule has 0 radical (unpaired) electrons. The summed E-state index contributed by atoms with van der Waals surface area (Å²) >= 11 is 3.46. The lowest BCUT2D eigenvalue weighted by Crippen LogP contribution is -1.99. The van der Waals surface area contributed by atoms with Crippen LogP contribution in [0.1, 0.15) is 11.1 Å². The van der Waals surface area contributed by atoms with Gasteiger partial charge in [-0.1, -0.05) is 12.1 Å². The average Bonchev–Trinajstić information content (AvgIpc) is 2.40. The summed E-state index contributed by atoms with van der Waals surface area (Å²) in [6, 6.07) is 11.5. The number of anilines is 1. The second kappa shape index (κ2) is 5.97. The summed E-state index contributed by atoms with van der Waals surface area (Å²) in [7, 11) is 1.65. The van der Waals surface area contributed by atoms with Crippen LogP contribution in [-0.4, -0.2) is 12.2 Å². The molecule has 2 rings (SSSR count). The minimum absolute atomic E-state index is 0.306. The van der Waals surface area contributed by atoms with Crippen molar-refractivity contribution in [1.29, 1.82) is 0 Å². The monoisotopic (exact) mass is 321 g/mol. The van der Waals surface area contributed by atoms with Gasteiger partial charge in [0.05, 0.1) is 11.6 Å². The summed E-state index contributed by atoms with van der Waals surface area (Å²) in [6.07, 6.45) is 0. The first-order valence-corrected chi connectivity index (χ1v) is 6.75. The Kier molecular flexibility index (Phi) is 4.32. The first-order valence-electron chi connectivity index (χ1n) is 5.96. The van der Waals surface area contributed by atoms with E-state index in [2.05, 4.69) is 21.2 Å². The lowest BCUT2D eigenvalue weighted by atomic mass is 10.2. The fourth-order valence-electron chi connectivity index (χ4n) is 1.74. The van der Waals surface area contributed by atoms with Crippen LogP contribution in [0.2, 0.25) is 0 Å². The molecule has 4 heteroatoms. The van der Waals surface area contributed by atoms with E-state index in [9.17, 15) is 5.11 Å². The van der Waals surface area contributed by atoms with Gasteiger partial charge in [0.2, 0.25) is 0 Å². The molecule has 0 saturated heterocycles. The van der Waals surface area contributed by atoms with Crippen LogP contribution in [0.5, 0.6) is 11.5 Å². The Labute approximate surface area is 121 Å². The van der Waals surface area contributed by atoms with E-state index in [1.165, 1.54) is 0 Å². The summed E-state index contributed by atoms with van der Waals surface area (Å²) < 4.78 is 6.12. The standard InChI is InChI=1S/C15H16BrNO2/c1-10-3-5-12(8-14(10)18)17-9-11-4-6-15(19-2)13(16)7-11/h3-8,17-18H,9H2,1-2H3. The summed E-state index contributed by atoms with van der Waals surface area (Å²) in [6.45, 7) is 2.56. The summed E-state index contributed by atoms with van der Waals surface area (Å²) in [5, 5.41) is 12.9. The number of benzene rings is 2. The zero-order valence-electron chi connectivity index (χ0n) is 10.9. The van der Waals surface area contributed by atoms with Gasteiger partial charge in [-0.25, -0.2) is 0 Å². The van der Waals surface area contributed by atoms with E-state index in [1.807, 2.05) is 37.3 Å². The van der Waals surface area contributed by atoms with Gasteiger partial charge in [0.15, 0.2) is 0 Å². The van der Waals surface area contributed by atoms with E-state index in [0.29, 0.717) is 12.3 Å². The zero-order chi connectivity index (χ0) is 13.8. The van der Waals surface area contributed by atoms with Crippen LogP contribution in [0.3, 0.4) is 0 Å². The maximum atomic E-state index is 9.65. The Hall–Kier alpha value is -1.68. The van der Waals surface area contributed by atoms with Crippen molar-refractivity contribution in [1.82, 2.24) is 0 Å². The molecule has 0 fully saturated rings. The first-order chi connectivity index (χ1) is 9.10. The van der Waals surface area contributed by atoms with Crippen molar-refractivity contribution in [3.05, 3.63) is 52.0 Å². The minimum atomic E-state index is 0.306. The third-order valence-electron chi connectivity index (χ3n) is 2.92. The third-order valence-corrected chi connectivity index (χ3v) is 3.54. The van der Waals surface area contributed by atoms with E-state index in [0.717, 1.165) is 27.0 Å². The molecule has 0 heterocycles. The molecule has 2 aromatic rings. The van der Waals surface area contributed by atoms with Crippen LogP contribution in [0, 0.1) is 6.92 Å². The Morgan fingerprint density at radius 1 is 1.21 bits per heavy atom. The maximum Gasteiger partial charge on any atom is 0.133 e. The van der Waals surface area contributed by atoms with Crippen LogP contribution in [0.25, 0.3) is 0 Å². The quantitative estimate of drug-likeness (QED) is 0.891. The van der Waals surface area contributed by atoms with Crippen LogP contribution in [0.4, 0.5) is 5.69 Å². The first kappa shape index (κ1) is 13.7. The number of aryl methyl sites for hydroxylation is 1. The van der Waals surface area contributed by atoms with Crippen LogP contribution in [-0.2, 0) is 6.54 Å². The predicted octanol–water partition coefficient (Wildman–Crippen LogP) is 4.08. The number of nitrogens with one attached hydrogen (secondary N) is 1. The largest absolute Gasteiger partial charge is 0.508 e. The number of halogens is 1. The SMILES string of the molecule is COc1ccc(CNc2ccc(C)c(O)c2)cc1Br. The van der Waals surface area contributed by atoms with Crippen molar-refractivity contribution in [3.8, 4) is 11.5 Å². The lowest BCUT2D eigenvalue weighted by molar-refractivity contribution is 0.412. The van der Waals surface area contributed by atoms with Gasteiger partial charge in [0.1, 0.15) is 11.5 Å². The number of phenols is 1. The van der Waals surface area contributed by atoms with E-state index in [4.69, 9.17) is 4.74 Å². The van der Waals surface area contributed by atoms with Gasteiger partial charge in [0, 0.05) is 18.3 Å². The molecule has 3 nitrogen and oxygen atoms in total. The zero-order valence-corrected chi connectivity index (χ0v) is 12.5. The molecule has 0 spiro atoms. The molecule has 0 atom stereocenters. The Bertz CT molecular complexity index is 584. The molecule has 0 saturated carbocycles. The second-order valence-electron chi connectivity index (χ2n) is 4.32.